The van der Waals surface area contributed by atoms with Crippen LogP contribution >= 0.6 is 0 Å². The molecule has 0 aliphatic rings. The molecule has 0 spiro atoms. The Labute approximate surface area is 91.1 Å². The molecule has 1 rings (SSSR count). The lowest BCUT2D eigenvalue weighted by Crippen LogP contribution is -2.07. The van der Waals surface area contributed by atoms with E-state index in [1.807, 2.05) is 0 Å². The molecule has 0 amide bonds. The molecule has 4 nitrogen and oxygen atoms in total. The van der Waals surface area contributed by atoms with Gasteiger partial charge in [-0.2, -0.15) is 0 Å². The van der Waals surface area contributed by atoms with E-state index >= 15 is 0 Å². The molecule has 0 aliphatic carbocycles. The largest absolute Gasteiger partial charge is 0.493 e. The van der Waals surface area contributed by atoms with E-state index in [1.165, 1.54) is 25.5 Å². The summed E-state index contributed by atoms with van der Waals surface area (Å²) in [5, 5.41) is 11.2. The highest BCUT2D eigenvalue weighted by molar-refractivity contribution is 5.80. The molecular formula is C10H11F2NO3. The maximum absolute atomic E-state index is 11.9. The second-order valence-corrected chi connectivity index (χ2v) is 2.86. The first-order valence-electron chi connectivity index (χ1n) is 4.43. The summed E-state index contributed by atoms with van der Waals surface area (Å²) in [5.74, 6) is 0.524. The van der Waals surface area contributed by atoms with Crippen LogP contribution in [0.2, 0.25) is 0 Å². The third-order valence-corrected chi connectivity index (χ3v) is 1.76. The molecule has 0 radical (unpaired) electrons. The van der Waals surface area contributed by atoms with Crippen molar-refractivity contribution in [3.63, 3.8) is 0 Å². The molecule has 6 heteroatoms. The maximum atomic E-state index is 11.9. The summed E-state index contributed by atoms with van der Waals surface area (Å²) in [6, 6.07) is 4.54. The summed E-state index contributed by atoms with van der Waals surface area (Å²) in [7, 11) is 1.39. The topological polar surface area (TPSA) is 51.0 Å². The van der Waals surface area contributed by atoms with E-state index in [-0.39, 0.29) is 5.75 Å². The third kappa shape index (κ3) is 3.38. The van der Waals surface area contributed by atoms with Gasteiger partial charge in [-0.05, 0) is 18.2 Å². The average molecular weight is 231 g/mol. The number of benzene rings is 1. The van der Waals surface area contributed by atoms with Crippen molar-refractivity contribution in [2.24, 2.45) is 5.16 Å². The minimum Gasteiger partial charge on any atom is -0.493 e. The molecule has 0 saturated heterocycles. The first-order chi connectivity index (χ1) is 7.67. The van der Waals surface area contributed by atoms with E-state index in [0.29, 0.717) is 11.3 Å². The monoisotopic (exact) mass is 231 g/mol. The normalized spacial score (nSPS) is 11.0. The van der Waals surface area contributed by atoms with Crippen molar-refractivity contribution in [2.75, 3.05) is 13.7 Å². The molecule has 0 aliphatic heterocycles. The first kappa shape index (κ1) is 12.2. The van der Waals surface area contributed by atoms with Crippen LogP contribution in [0, 0.1) is 0 Å². The molecule has 1 aromatic rings. The summed E-state index contributed by atoms with van der Waals surface area (Å²) in [6.07, 6.45) is -1.34. The fraction of sp³-hybridized carbons (Fsp3) is 0.300. The first-order valence-corrected chi connectivity index (χ1v) is 4.43. The lowest BCUT2D eigenvalue weighted by atomic mass is 10.2. The molecule has 1 aromatic carbocycles. The second-order valence-electron chi connectivity index (χ2n) is 2.86. The summed E-state index contributed by atoms with van der Waals surface area (Å²) in [5.41, 5.74) is 0.573. The van der Waals surface area contributed by atoms with Crippen molar-refractivity contribution in [3.8, 4) is 11.5 Å². The zero-order valence-electron chi connectivity index (χ0n) is 8.56. The number of rotatable bonds is 5. The number of alkyl halides is 2. The molecule has 0 atom stereocenters. The van der Waals surface area contributed by atoms with Gasteiger partial charge in [0.15, 0.2) is 11.5 Å². The van der Waals surface area contributed by atoms with Crippen molar-refractivity contribution < 1.29 is 23.5 Å². The minimum atomic E-state index is -2.54. The van der Waals surface area contributed by atoms with Crippen molar-refractivity contribution in [3.05, 3.63) is 23.8 Å². The van der Waals surface area contributed by atoms with Crippen LogP contribution in [0.25, 0.3) is 0 Å². The Balaban J connectivity index is 2.84. The highest BCUT2D eigenvalue weighted by Gasteiger charge is 2.08. The molecule has 0 aromatic heterocycles. The summed E-state index contributed by atoms with van der Waals surface area (Å²) in [6.45, 7) is -0.691. The molecule has 0 bridgehead atoms. The van der Waals surface area contributed by atoms with Gasteiger partial charge in [-0.15, -0.1) is 0 Å². The Kier molecular flexibility index (Phi) is 4.50. The number of nitrogens with zero attached hydrogens (tertiary/aromatic N) is 1. The molecule has 1 N–H and O–H groups in total. The lowest BCUT2D eigenvalue weighted by Gasteiger charge is -2.10. The van der Waals surface area contributed by atoms with Crippen LogP contribution in [0.4, 0.5) is 8.78 Å². The third-order valence-electron chi connectivity index (χ3n) is 1.76. The Morgan fingerprint density at radius 3 is 2.75 bits per heavy atom. The molecule has 0 fully saturated rings. The van der Waals surface area contributed by atoms with Gasteiger partial charge < -0.3 is 14.7 Å². The van der Waals surface area contributed by atoms with Gasteiger partial charge in [0, 0.05) is 5.56 Å². The van der Waals surface area contributed by atoms with Crippen molar-refractivity contribution >= 4 is 6.21 Å². The highest BCUT2D eigenvalue weighted by atomic mass is 19.3. The smallest absolute Gasteiger partial charge is 0.272 e. The fourth-order valence-corrected chi connectivity index (χ4v) is 1.10. The fourth-order valence-electron chi connectivity index (χ4n) is 1.10. The number of ether oxygens (including phenoxy) is 2. The summed E-state index contributed by atoms with van der Waals surface area (Å²) in [4.78, 5) is 0. The van der Waals surface area contributed by atoms with E-state index in [1.54, 1.807) is 6.07 Å². The molecule has 0 unspecified atom stereocenters. The summed E-state index contributed by atoms with van der Waals surface area (Å²) >= 11 is 0. The standard InChI is InChI=1S/C10H11F2NO3/c1-15-9-4-7(5-13-14)2-3-8(9)16-6-10(11)12/h2-5,10,14H,6H2,1H3. The van der Waals surface area contributed by atoms with Crippen molar-refractivity contribution in [2.45, 2.75) is 6.43 Å². The van der Waals surface area contributed by atoms with E-state index in [0.717, 1.165) is 0 Å². The SMILES string of the molecule is COc1cc(C=NO)ccc1OCC(F)F. The number of hydrogen-bond acceptors (Lipinski definition) is 4. The van der Waals surface area contributed by atoms with E-state index in [4.69, 9.17) is 14.7 Å². The van der Waals surface area contributed by atoms with Gasteiger partial charge in [0.1, 0.15) is 6.61 Å². The molecule has 0 heterocycles. The van der Waals surface area contributed by atoms with Gasteiger partial charge >= 0.3 is 0 Å². The predicted octanol–water partition coefficient (Wildman–Crippen LogP) is 2.15. The number of hydrogen-bond donors (Lipinski definition) is 1. The van der Waals surface area contributed by atoms with Crippen LogP contribution in [0.3, 0.4) is 0 Å². The van der Waals surface area contributed by atoms with Gasteiger partial charge in [0.25, 0.3) is 6.43 Å². The van der Waals surface area contributed by atoms with Gasteiger partial charge in [-0.1, -0.05) is 5.16 Å². The average Bonchev–Trinajstić information content (AvgIpc) is 2.27. The Morgan fingerprint density at radius 1 is 1.44 bits per heavy atom. The Morgan fingerprint density at radius 2 is 2.19 bits per heavy atom. The quantitative estimate of drug-likeness (QED) is 0.480. The number of methoxy groups -OCH3 is 1. The van der Waals surface area contributed by atoms with Gasteiger partial charge in [-0.3, -0.25) is 0 Å². The highest BCUT2D eigenvalue weighted by Crippen LogP contribution is 2.27. The molecule has 16 heavy (non-hydrogen) atoms. The van der Waals surface area contributed by atoms with E-state index in [9.17, 15) is 8.78 Å². The second kappa shape index (κ2) is 5.89. The van der Waals surface area contributed by atoms with Crippen molar-refractivity contribution in [1.82, 2.24) is 0 Å². The van der Waals surface area contributed by atoms with Crippen LogP contribution < -0.4 is 9.47 Å². The zero-order valence-corrected chi connectivity index (χ0v) is 8.56. The lowest BCUT2D eigenvalue weighted by molar-refractivity contribution is 0.0804. The Bertz CT molecular complexity index is 369. The van der Waals surface area contributed by atoms with Crippen LogP contribution in [0.5, 0.6) is 11.5 Å². The van der Waals surface area contributed by atoms with E-state index < -0.39 is 13.0 Å². The van der Waals surface area contributed by atoms with E-state index in [2.05, 4.69) is 5.16 Å². The summed E-state index contributed by atoms with van der Waals surface area (Å²) < 4.78 is 33.7. The van der Waals surface area contributed by atoms with Gasteiger partial charge in [0.05, 0.1) is 13.3 Å². The maximum Gasteiger partial charge on any atom is 0.272 e. The molecule has 88 valence electrons. The zero-order chi connectivity index (χ0) is 12.0. The van der Waals surface area contributed by atoms with Gasteiger partial charge in [0.2, 0.25) is 0 Å². The van der Waals surface area contributed by atoms with Crippen molar-refractivity contribution in [1.29, 1.82) is 0 Å². The molecule has 0 saturated carbocycles. The van der Waals surface area contributed by atoms with Crippen LogP contribution in [-0.2, 0) is 0 Å². The number of oxime groups is 1. The van der Waals surface area contributed by atoms with Crippen LogP contribution in [0.15, 0.2) is 23.4 Å². The Hall–Kier alpha value is -1.85. The van der Waals surface area contributed by atoms with Crippen LogP contribution in [0.1, 0.15) is 5.56 Å². The number of halogens is 2. The minimum absolute atomic E-state index is 0.220. The van der Waals surface area contributed by atoms with Crippen LogP contribution in [-0.4, -0.2) is 31.6 Å². The van der Waals surface area contributed by atoms with Gasteiger partial charge in [-0.25, -0.2) is 8.78 Å². The predicted molar refractivity (Wildman–Crippen MR) is 53.9 cm³/mol. The molecular weight excluding hydrogens is 220 g/mol.